The zero-order valence-corrected chi connectivity index (χ0v) is 10.5. The van der Waals surface area contributed by atoms with Gasteiger partial charge in [0.05, 0.1) is 0 Å². The summed E-state index contributed by atoms with van der Waals surface area (Å²) < 4.78 is 12.3. The number of nitrogens with one attached hydrogen (secondary N) is 1. The fourth-order valence-electron chi connectivity index (χ4n) is 1.01. The van der Waals surface area contributed by atoms with Crippen LogP contribution in [0, 0.1) is 5.82 Å². The minimum absolute atomic E-state index is 0.217. The first-order chi connectivity index (χ1) is 8.15. The van der Waals surface area contributed by atoms with Crippen molar-refractivity contribution >= 4 is 17.5 Å². The molecule has 0 aliphatic heterocycles. The van der Waals surface area contributed by atoms with Gasteiger partial charge in [0.25, 0.3) is 5.91 Å². The standard InChI is InChI=1S/C7H6FNO2.C5H11Cl/c8-6-3-1-5(2-4-6)7(10)9-11;1-2-3-4-5-6/h1-4,11H,(H,9,10);2-5H2,1H3. The third kappa shape index (κ3) is 7.71. The Morgan fingerprint density at radius 2 is 1.94 bits per heavy atom. The van der Waals surface area contributed by atoms with Crippen LogP contribution in [0.1, 0.15) is 36.5 Å². The number of carbonyl (C=O) groups is 1. The Kier molecular flexibility index (Phi) is 9.38. The van der Waals surface area contributed by atoms with Crippen molar-refractivity contribution in [2.24, 2.45) is 0 Å². The molecular weight excluding hydrogens is 245 g/mol. The summed E-state index contributed by atoms with van der Waals surface area (Å²) >= 11 is 5.38. The molecule has 0 unspecified atom stereocenters. The summed E-state index contributed by atoms with van der Waals surface area (Å²) in [7, 11) is 0. The smallest absolute Gasteiger partial charge is 0.274 e. The monoisotopic (exact) mass is 261 g/mol. The molecule has 0 fully saturated rings. The molecule has 1 aromatic carbocycles. The Morgan fingerprint density at radius 1 is 1.35 bits per heavy atom. The average molecular weight is 262 g/mol. The van der Waals surface area contributed by atoms with Crippen LogP contribution in [0.3, 0.4) is 0 Å². The van der Waals surface area contributed by atoms with E-state index in [1.165, 1.54) is 36.9 Å². The van der Waals surface area contributed by atoms with Gasteiger partial charge in [0.15, 0.2) is 0 Å². The lowest BCUT2D eigenvalue weighted by atomic mass is 10.2. The molecule has 0 atom stereocenters. The van der Waals surface area contributed by atoms with Crippen molar-refractivity contribution in [3.63, 3.8) is 0 Å². The third-order valence-corrected chi connectivity index (χ3v) is 2.21. The largest absolute Gasteiger partial charge is 0.288 e. The molecule has 0 saturated heterocycles. The number of hydrogen-bond donors (Lipinski definition) is 2. The lowest BCUT2D eigenvalue weighted by molar-refractivity contribution is 0.0706. The maximum atomic E-state index is 12.3. The molecule has 0 aromatic heterocycles. The van der Waals surface area contributed by atoms with Crippen LogP contribution in [-0.2, 0) is 0 Å². The highest BCUT2D eigenvalue weighted by Crippen LogP contribution is 2.01. The highest BCUT2D eigenvalue weighted by molar-refractivity contribution is 6.17. The summed E-state index contributed by atoms with van der Waals surface area (Å²) in [5.41, 5.74) is 1.66. The van der Waals surface area contributed by atoms with E-state index < -0.39 is 11.7 Å². The Bertz CT molecular complexity index is 313. The molecule has 1 rings (SSSR count). The summed E-state index contributed by atoms with van der Waals surface area (Å²) in [5, 5.41) is 8.16. The normalized spacial score (nSPS) is 9.18. The predicted molar refractivity (Wildman–Crippen MR) is 65.9 cm³/mol. The van der Waals surface area contributed by atoms with E-state index in [0.29, 0.717) is 0 Å². The number of amides is 1. The van der Waals surface area contributed by atoms with Crippen molar-refractivity contribution in [2.75, 3.05) is 5.88 Å². The molecule has 1 amide bonds. The number of hydrogen-bond acceptors (Lipinski definition) is 2. The van der Waals surface area contributed by atoms with Gasteiger partial charge in [-0.25, -0.2) is 9.87 Å². The Labute approximate surface area is 106 Å². The quantitative estimate of drug-likeness (QED) is 0.378. The van der Waals surface area contributed by atoms with Gasteiger partial charge in [-0.3, -0.25) is 10.0 Å². The maximum absolute atomic E-state index is 12.3. The van der Waals surface area contributed by atoms with E-state index in [2.05, 4.69) is 6.92 Å². The minimum atomic E-state index is -0.648. The van der Waals surface area contributed by atoms with Crippen molar-refractivity contribution in [1.82, 2.24) is 5.48 Å². The van der Waals surface area contributed by atoms with Crippen LogP contribution in [0.15, 0.2) is 24.3 Å². The highest BCUT2D eigenvalue weighted by atomic mass is 35.5. The van der Waals surface area contributed by atoms with Gasteiger partial charge in [-0.1, -0.05) is 19.8 Å². The number of benzene rings is 1. The molecule has 0 aliphatic carbocycles. The van der Waals surface area contributed by atoms with Gasteiger partial charge < -0.3 is 0 Å². The minimum Gasteiger partial charge on any atom is -0.288 e. The summed E-state index contributed by atoms with van der Waals surface area (Å²) in [6.07, 6.45) is 3.73. The summed E-state index contributed by atoms with van der Waals surface area (Å²) in [5.74, 6) is -0.238. The zero-order chi connectivity index (χ0) is 13.1. The van der Waals surface area contributed by atoms with Gasteiger partial charge in [0.1, 0.15) is 5.82 Å². The zero-order valence-electron chi connectivity index (χ0n) is 9.75. The lowest BCUT2D eigenvalue weighted by Crippen LogP contribution is -2.18. The van der Waals surface area contributed by atoms with Crippen LogP contribution in [0.5, 0.6) is 0 Å². The first-order valence-electron chi connectivity index (χ1n) is 5.41. The third-order valence-electron chi connectivity index (χ3n) is 1.95. The SMILES string of the molecule is CCCCCCl.O=C(NO)c1ccc(F)cc1. The Morgan fingerprint density at radius 3 is 2.29 bits per heavy atom. The van der Waals surface area contributed by atoms with Gasteiger partial charge in [-0.15, -0.1) is 11.6 Å². The number of unbranched alkanes of at least 4 members (excludes halogenated alkanes) is 2. The number of carbonyl (C=O) groups excluding carboxylic acids is 1. The second-order valence-electron chi connectivity index (χ2n) is 3.34. The van der Waals surface area contributed by atoms with Gasteiger partial charge in [-0.05, 0) is 30.7 Å². The molecule has 0 bridgehead atoms. The topological polar surface area (TPSA) is 49.3 Å². The predicted octanol–water partition coefficient (Wildman–Crippen LogP) is 3.36. The van der Waals surface area contributed by atoms with Gasteiger partial charge in [-0.2, -0.15) is 0 Å². The average Bonchev–Trinajstić information content (AvgIpc) is 2.37. The number of hydroxylamine groups is 1. The van der Waals surface area contributed by atoms with E-state index in [1.54, 1.807) is 0 Å². The number of alkyl halides is 1. The van der Waals surface area contributed by atoms with E-state index in [0.717, 1.165) is 18.0 Å². The second kappa shape index (κ2) is 10.1. The van der Waals surface area contributed by atoms with E-state index in [9.17, 15) is 9.18 Å². The second-order valence-corrected chi connectivity index (χ2v) is 3.72. The van der Waals surface area contributed by atoms with Gasteiger partial charge in [0.2, 0.25) is 0 Å². The van der Waals surface area contributed by atoms with Crippen molar-refractivity contribution in [3.05, 3.63) is 35.6 Å². The van der Waals surface area contributed by atoms with Crippen molar-refractivity contribution < 1.29 is 14.4 Å². The molecular formula is C12H17ClFNO2. The highest BCUT2D eigenvalue weighted by Gasteiger charge is 2.01. The van der Waals surface area contributed by atoms with E-state index >= 15 is 0 Å². The molecule has 5 heteroatoms. The van der Waals surface area contributed by atoms with Crippen molar-refractivity contribution in [2.45, 2.75) is 26.2 Å². The Balaban J connectivity index is 0.000000366. The van der Waals surface area contributed by atoms with E-state index in [1.807, 2.05) is 0 Å². The molecule has 0 saturated carbocycles. The first-order valence-corrected chi connectivity index (χ1v) is 5.95. The molecule has 0 heterocycles. The molecule has 0 radical (unpaired) electrons. The Hall–Kier alpha value is -1.13. The number of halogens is 2. The fraction of sp³-hybridized carbons (Fsp3) is 0.417. The van der Waals surface area contributed by atoms with Crippen LogP contribution >= 0.6 is 11.6 Å². The van der Waals surface area contributed by atoms with E-state index in [4.69, 9.17) is 16.8 Å². The maximum Gasteiger partial charge on any atom is 0.274 e. The molecule has 0 aliphatic rings. The van der Waals surface area contributed by atoms with Crippen LogP contribution in [0.25, 0.3) is 0 Å². The number of rotatable bonds is 4. The van der Waals surface area contributed by atoms with Gasteiger partial charge in [0, 0.05) is 11.4 Å². The summed E-state index contributed by atoms with van der Waals surface area (Å²) in [6.45, 7) is 2.17. The molecule has 96 valence electrons. The summed E-state index contributed by atoms with van der Waals surface area (Å²) in [4.78, 5) is 10.6. The molecule has 3 nitrogen and oxygen atoms in total. The van der Waals surface area contributed by atoms with Crippen molar-refractivity contribution in [3.8, 4) is 0 Å². The summed E-state index contributed by atoms with van der Waals surface area (Å²) in [6, 6.07) is 4.84. The molecule has 17 heavy (non-hydrogen) atoms. The van der Waals surface area contributed by atoms with Gasteiger partial charge >= 0.3 is 0 Å². The molecule has 2 N–H and O–H groups in total. The first kappa shape index (κ1) is 15.9. The molecule has 1 aromatic rings. The lowest BCUT2D eigenvalue weighted by Gasteiger charge is -1.96. The van der Waals surface area contributed by atoms with Crippen LogP contribution in [0.4, 0.5) is 4.39 Å². The van der Waals surface area contributed by atoms with Crippen LogP contribution in [0.2, 0.25) is 0 Å². The van der Waals surface area contributed by atoms with E-state index in [-0.39, 0.29) is 5.56 Å². The van der Waals surface area contributed by atoms with Crippen molar-refractivity contribution in [1.29, 1.82) is 0 Å². The fourth-order valence-corrected chi connectivity index (χ4v) is 1.20. The van der Waals surface area contributed by atoms with Crippen LogP contribution < -0.4 is 5.48 Å². The van der Waals surface area contributed by atoms with Crippen LogP contribution in [-0.4, -0.2) is 17.0 Å². The molecule has 0 spiro atoms.